The first-order valence-electron chi connectivity index (χ1n) is 10.4. The molecule has 30 heavy (non-hydrogen) atoms. The number of nitrogens with zero attached hydrogens (tertiary/aromatic N) is 1. The van der Waals surface area contributed by atoms with E-state index in [0.717, 1.165) is 0 Å². The van der Waals surface area contributed by atoms with Crippen molar-refractivity contribution in [2.24, 2.45) is 0 Å². The van der Waals surface area contributed by atoms with E-state index in [1.807, 2.05) is 0 Å². The SMILES string of the molecule is c1ccc2c(c1)ccc1c3cc4c5cccc6c7ccccc7n(c4cc3[nH]c21)c65. The van der Waals surface area contributed by atoms with Crippen molar-refractivity contribution in [1.82, 2.24) is 9.38 Å². The van der Waals surface area contributed by atoms with E-state index in [1.165, 1.54) is 70.7 Å². The fourth-order valence-electron chi connectivity index (χ4n) is 5.57. The number of nitrogens with one attached hydrogen (secondary N) is 1. The summed E-state index contributed by atoms with van der Waals surface area (Å²) in [7, 11) is 0. The van der Waals surface area contributed by atoms with Crippen molar-refractivity contribution in [3.63, 3.8) is 0 Å². The fraction of sp³-hybridized carbons (Fsp3) is 0. The molecule has 0 radical (unpaired) electrons. The van der Waals surface area contributed by atoms with E-state index in [9.17, 15) is 0 Å². The third-order valence-electron chi connectivity index (χ3n) is 6.84. The Labute approximate surface area is 171 Å². The average molecular weight is 380 g/mol. The van der Waals surface area contributed by atoms with E-state index >= 15 is 0 Å². The molecule has 5 aromatic carbocycles. The molecule has 0 spiro atoms. The summed E-state index contributed by atoms with van der Waals surface area (Å²) in [5, 5.41) is 10.4. The van der Waals surface area contributed by atoms with Crippen molar-refractivity contribution in [1.29, 1.82) is 0 Å². The van der Waals surface area contributed by atoms with Gasteiger partial charge in [-0.1, -0.05) is 72.8 Å². The maximum Gasteiger partial charge on any atom is 0.0620 e. The molecule has 0 saturated heterocycles. The van der Waals surface area contributed by atoms with Gasteiger partial charge in [0, 0.05) is 43.2 Å². The second kappa shape index (κ2) is 4.92. The van der Waals surface area contributed by atoms with Gasteiger partial charge in [-0.25, -0.2) is 0 Å². The summed E-state index contributed by atoms with van der Waals surface area (Å²) >= 11 is 0. The minimum absolute atomic E-state index is 1.19. The van der Waals surface area contributed by atoms with E-state index < -0.39 is 0 Å². The van der Waals surface area contributed by atoms with Crippen molar-refractivity contribution in [2.75, 3.05) is 0 Å². The molecule has 0 atom stereocenters. The lowest BCUT2D eigenvalue weighted by Crippen LogP contribution is -1.80. The predicted molar refractivity (Wildman–Crippen MR) is 128 cm³/mol. The van der Waals surface area contributed by atoms with Crippen LogP contribution in [-0.2, 0) is 0 Å². The van der Waals surface area contributed by atoms with Gasteiger partial charge in [-0.3, -0.25) is 0 Å². The van der Waals surface area contributed by atoms with Gasteiger partial charge in [0.05, 0.1) is 22.1 Å². The number of benzene rings is 5. The minimum Gasteiger partial charge on any atom is -0.354 e. The van der Waals surface area contributed by atoms with E-state index in [2.05, 4.69) is 100 Å². The summed E-state index contributed by atoms with van der Waals surface area (Å²) in [5.41, 5.74) is 6.29. The van der Waals surface area contributed by atoms with Gasteiger partial charge in [0.25, 0.3) is 0 Å². The van der Waals surface area contributed by atoms with Crippen molar-refractivity contribution in [2.45, 2.75) is 0 Å². The molecule has 2 heteroatoms. The fourth-order valence-corrected chi connectivity index (χ4v) is 5.57. The zero-order valence-electron chi connectivity index (χ0n) is 16.1. The molecule has 8 rings (SSSR count). The van der Waals surface area contributed by atoms with Crippen LogP contribution in [-0.4, -0.2) is 9.38 Å². The van der Waals surface area contributed by atoms with Crippen LogP contribution in [0.4, 0.5) is 0 Å². The van der Waals surface area contributed by atoms with E-state index in [4.69, 9.17) is 0 Å². The topological polar surface area (TPSA) is 20.2 Å². The molecule has 3 aromatic heterocycles. The Balaban J connectivity index is 1.65. The Morgan fingerprint density at radius 3 is 2.20 bits per heavy atom. The standard InChI is InChI=1S/C28H16N2/c1-2-7-17-16(6-1)12-13-19-22-14-23-21-10-5-9-20-18-8-3-4-11-25(18)30(28(20)21)26(23)15-24(22)29-27(17)19/h1-15,29H. The molecule has 0 unspecified atom stereocenters. The smallest absolute Gasteiger partial charge is 0.0620 e. The molecule has 0 aliphatic heterocycles. The summed E-state index contributed by atoms with van der Waals surface area (Å²) in [6.07, 6.45) is 0. The van der Waals surface area contributed by atoms with Crippen LogP contribution in [0.2, 0.25) is 0 Å². The molecular formula is C28H16N2. The highest BCUT2D eigenvalue weighted by Gasteiger charge is 2.18. The molecular weight excluding hydrogens is 364 g/mol. The lowest BCUT2D eigenvalue weighted by Gasteiger charge is -1.99. The minimum atomic E-state index is 1.19. The molecule has 1 N–H and O–H groups in total. The Kier molecular flexibility index (Phi) is 2.44. The van der Waals surface area contributed by atoms with Gasteiger partial charge in [-0.15, -0.1) is 0 Å². The van der Waals surface area contributed by atoms with Gasteiger partial charge in [-0.2, -0.15) is 0 Å². The number of aromatic amines is 1. The van der Waals surface area contributed by atoms with Crippen LogP contribution < -0.4 is 0 Å². The lowest BCUT2D eigenvalue weighted by atomic mass is 10.0. The number of para-hydroxylation sites is 2. The van der Waals surface area contributed by atoms with E-state index in [1.54, 1.807) is 0 Å². The molecule has 0 amide bonds. The number of aromatic nitrogens is 2. The molecule has 0 saturated carbocycles. The molecule has 0 fully saturated rings. The van der Waals surface area contributed by atoms with Gasteiger partial charge in [0.1, 0.15) is 0 Å². The molecule has 2 nitrogen and oxygen atoms in total. The molecule has 3 heterocycles. The summed E-state index contributed by atoms with van der Waals surface area (Å²) < 4.78 is 2.44. The highest BCUT2D eigenvalue weighted by Crippen LogP contribution is 2.41. The summed E-state index contributed by atoms with van der Waals surface area (Å²) in [6, 6.07) is 33.3. The Bertz CT molecular complexity index is 1950. The third-order valence-corrected chi connectivity index (χ3v) is 6.84. The third kappa shape index (κ3) is 1.60. The van der Waals surface area contributed by atoms with E-state index in [-0.39, 0.29) is 0 Å². The number of hydrogen-bond acceptors (Lipinski definition) is 0. The van der Waals surface area contributed by atoms with Crippen LogP contribution in [0, 0.1) is 0 Å². The zero-order chi connectivity index (χ0) is 19.4. The number of rotatable bonds is 0. The first-order chi connectivity index (χ1) is 14.9. The maximum atomic E-state index is 3.74. The second-order valence-corrected chi connectivity index (χ2v) is 8.30. The largest absolute Gasteiger partial charge is 0.354 e. The van der Waals surface area contributed by atoms with Crippen LogP contribution in [0.3, 0.4) is 0 Å². The second-order valence-electron chi connectivity index (χ2n) is 8.30. The van der Waals surface area contributed by atoms with Crippen LogP contribution in [0.15, 0.2) is 91.0 Å². The number of H-pyrrole nitrogens is 1. The summed E-state index contributed by atoms with van der Waals surface area (Å²) in [5.74, 6) is 0. The average Bonchev–Trinajstić information content (AvgIpc) is 3.44. The van der Waals surface area contributed by atoms with Crippen molar-refractivity contribution >= 4 is 70.7 Å². The first-order valence-corrected chi connectivity index (χ1v) is 10.4. The maximum absolute atomic E-state index is 3.74. The summed E-state index contributed by atoms with van der Waals surface area (Å²) in [6.45, 7) is 0. The monoisotopic (exact) mass is 380 g/mol. The van der Waals surface area contributed by atoms with Gasteiger partial charge < -0.3 is 9.38 Å². The normalized spacial score (nSPS) is 12.7. The van der Waals surface area contributed by atoms with Gasteiger partial charge in [-0.05, 0) is 23.6 Å². The Hall–Kier alpha value is -4.04. The quantitative estimate of drug-likeness (QED) is 0.279. The Morgan fingerprint density at radius 1 is 0.500 bits per heavy atom. The van der Waals surface area contributed by atoms with Crippen molar-refractivity contribution in [3.8, 4) is 0 Å². The van der Waals surface area contributed by atoms with Crippen molar-refractivity contribution < 1.29 is 0 Å². The van der Waals surface area contributed by atoms with Gasteiger partial charge in [0.15, 0.2) is 0 Å². The molecule has 0 aliphatic rings. The highest BCUT2D eigenvalue weighted by atomic mass is 14.9. The molecule has 8 aromatic rings. The zero-order valence-corrected chi connectivity index (χ0v) is 16.1. The van der Waals surface area contributed by atoms with E-state index in [0.29, 0.717) is 0 Å². The van der Waals surface area contributed by atoms with Gasteiger partial charge >= 0.3 is 0 Å². The highest BCUT2D eigenvalue weighted by molar-refractivity contribution is 6.26. The van der Waals surface area contributed by atoms with Crippen LogP contribution in [0.25, 0.3) is 70.7 Å². The molecule has 0 bridgehead atoms. The Morgan fingerprint density at radius 2 is 1.27 bits per heavy atom. The number of hydrogen-bond donors (Lipinski definition) is 1. The summed E-state index contributed by atoms with van der Waals surface area (Å²) in [4.78, 5) is 3.74. The van der Waals surface area contributed by atoms with Gasteiger partial charge in [0.2, 0.25) is 0 Å². The number of fused-ring (bicyclic) bond motifs is 11. The van der Waals surface area contributed by atoms with Crippen LogP contribution >= 0.6 is 0 Å². The van der Waals surface area contributed by atoms with Crippen LogP contribution in [0.5, 0.6) is 0 Å². The van der Waals surface area contributed by atoms with Crippen molar-refractivity contribution in [3.05, 3.63) is 91.0 Å². The lowest BCUT2D eigenvalue weighted by molar-refractivity contribution is 1.37. The predicted octanol–water partition coefficient (Wildman–Crippen LogP) is 7.62. The van der Waals surface area contributed by atoms with Crippen LogP contribution in [0.1, 0.15) is 0 Å². The molecule has 0 aliphatic carbocycles. The first kappa shape index (κ1) is 14.9. The molecule has 138 valence electrons.